The summed E-state index contributed by atoms with van der Waals surface area (Å²) in [6, 6.07) is 8.43. The molecule has 6 nitrogen and oxygen atoms in total. The SMILES string of the molecule is CCOc1ccc(S(=O)(=O)N2CCN(Cc3cc(F)c(F)c(F)c3)CC2)c2cccnc12. The molecule has 0 atom stereocenters. The highest BCUT2D eigenvalue weighted by atomic mass is 32.2. The maximum Gasteiger partial charge on any atom is 0.243 e. The van der Waals surface area contributed by atoms with E-state index in [0.29, 0.717) is 41.9 Å². The molecule has 10 heteroatoms. The lowest BCUT2D eigenvalue weighted by Crippen LogP contribution is -2.48. The Morgan fingerprint density at radius 1 is 1.03 bits per heavy atom. The number of fused-ring (bicyclic) bond motifs is 1. The fourth-order valence-electron chi connectivity index (χ4n) is 3.84. The fourth-order valence-corrected chi connectivity index (χ4v) is 5.45. The van der Waals surface area contributed by atoms with Gasteiger partial charge in [0.05, 0.1) is 11.5 Å². The molecule has 0 aliphatic carbocycles. The molecule has 2 heterocycles. The monoisotopic (exact) mass is 465 g/mol. The van der Waals surface area contributed by atoms with Crippen molar-refractivity contribution in [1.82, 2.24) is 14.2 Å². The predicted molar refractivity (Wildman–Crippen MR) is 113 cm³/mol. The Hall–Kier alpha value is -2.69. The van der Waals surface area contributed by atoms with Gasteiger partial charge in [-0.15, -0.1) is 0 Å². The minimum Gasteiger partial charge on any atom is -0.492 e. The Kier molecular flexibility index (Phi) is 6.36. The largest absolute Gasteiger partial charge is 0.492 e. The highest BCUT2D eigenvalue weighted by Gasteiger charge is 2.30. The summed E-state index contributed by atoms with van der Waals surface area (Å²) in [7, 11) is -3.79. The molecule has 4 rings (SSSR count). The van der Waals surface area contributed by atoms with Crippen molar-refractivity contribution >= 4 is 20.9 Å². The van der Waals surface area contributed by atoms with Crippen LogP contribution in [0.15, 0.2) is 47.5 Å². The van der Waals surface area contributed by atoms with Gasteiger partial charge in [0, 0.05) is 44.3 Å². The van der Waals surface area contributed by atoms with Crippen LogP contribution in [-0.2, 0) is 16.6 Å². The first-order valence-electron chi connectivity index (χ1n) is 10.2. The van der Waals surface area contributed by atoms with Crippen LogP contribution >= 0.6 is 0 Å². The van der Waals surface area contributed by atoms with Gasteiger partial charge < -0.3 is 4.74 Å². The molecule has 32 heavy (non-hydrogen) atoms. The first kappa shape index (κ1) is 22.5. The minimum atomic E-state index is -3.79. The number of rotatable bonds is 6. The van der Waals surface area contributed by atoms with Crippen LogP contribution in [0.2, 0.25) is 0 Å². The number of aromatic nitrogens is 1. The third-order valence-corrected chi connectivity index (χ3v) is 7.35. The lowest BCUT2D eigenvalue weighted by atomic mass is 10.2. The lowest BCUT2D eigenvalue weighted by molar-refractivity contribution is 0.181. The van der Waals surface area contributed by atoms with E-state index < -0.39 is 27.5 Å². The van der Waals surface area contributed by atoms with Crippen LogP contribution in [0.1, 0.15) is 12.5 Å². The molecule has 1 aromatic heterocycles. The zero-order chi connectivity index (χ0) is 22.9. The third kappa shape index (κ3) is 4.30. The summed E-state index contributed by atoms with van der Waals surface area (Å²) in [6.45, 7) is 3.63. The smallest absolute Gasteiger partial charge is 0.243 e. The Morgan fingerprint density at radius 3 is 2.38 bits per heavy atom. The van der Waals surface area contributed by atoms with Crippen molar-refractivity contribution in [2.24, 2.45) is 0 Å². The number of pyridine rings is 1. The number of ether oxygens (including phenoxy) is 1. The van der Waals surface area contributed by atoms with Crippen LogP contribution in [0.4, 0.5) is 13.2 Å². The van der Waals surface area contributed by atoms with Crippen LogP contribution in [-0.4, -0.2) is 55.4 Å². The van der Waals surface area contributed by atoms with Crippen molar-refractivity contribution in [3.05, 3.63) is 65.6 Å². The molecule has 1 saturated heterocycles. The van der Waals surface area contributed by atoms with Gasteiger partial charge >= 0.3 is 0 Å². The maximum atomic E-state index is 13.5. The van der Waals surface area contributed by atoms with Gasteiger partial charge in [0.15, 0.2) is 17.5 Å². The first-order chi connectivity index (χ1) is 15.3. The van der Waals surface area contributed by atoms with E-state index in [1.807, 2.05) is 11.8 Å². The molecule has 0 unspecified atom stereocenters. The van der Waals surface area contributed by atoms with Crippen molar-refractivity contribution in [1.29, 1.82) is 0 Å². The Balaban J connectivity index is 1.52. The number of nitrogens with zero attached hydrogens (tertiary/aromatic N) is 3. The van der Waals surface area contributed by atoms with E-state index in [-0.39, 0.29) is 24.5 Å². The Morgan fingerprint density at radius 2 is 1.72 bits per heavy atom. The van der Waals surface area contributed by atoms with Gasteiger partial charge in [-0.05, 0) is 48.9 Å². The summed E-state index contributed by atoms with van der Waals surface area (Å²) < 4.78 is 73.8. The van der Waals surface area contributed by atoms with Gasteiger partial charge in [-0.3, -0.25) is 9.88 Å². The van der Waals surface area contributed by atoms with Crippen molar-refractivity contribution in [2.75, 3.05) is 32.8 Å². The van der Waals surface area contributed by atoms with E-state index in [1.54, 1.807) is 24.4 Å². The molecular weight excluding hydrogens is 443 g/mol. The highest BCUT2D eigenvalue weighted by molar-refractivity contribution is 7.89. The van der Waals surface area contributed by atoms with Crippen LogP contribution in [0.5, 0.6) is 5.75 Å². The van der Waals surface area contributed by atoms with Crippen LogP contribution < -0.4 is 4.74 Å². The van der Waals surface area contributed by atoms with Gasteiger partial charge in [-0.25, -0.2) is 21.6 Å². The minimum absolute atomic E-state index is 0.153. The molecular formula is C22H22F3N3O3S. The maximum absolute atomic E-state index is 13.5. The molecule has 1 aliphatic heterocycles. The summed E-state index contributed by atoms with van der Waals surface area (Å²) in [5.41, 5.74) is 0.774. The van der Waals surface area contributed by atoms with Crippen molar-refractivity contribution in [3.63, 3.8) is 0 Å². The lowest BCUT2D eigenvalue weighted by Gasteiger charge is -2.34. The van der Waals surface area contributed by atoms with E-state index in [9.17, 15) is 21.6 Å². The van der Waals surface area contributed by atoms with Crippen LogP contribution in [0.25, 0.3) is 10.9 Å². The molecule has 3 aromatic rings. The summed E-state index contributed by atoms with van der Waals surface area (Å²) in [4.78, 5) is 6.32. The van der Waals surface area contributed by atoms with Gasteiger partial charge in [-0.1, -0.05) is 0 Å². The van der Waals surface area contributed by atoms with Gasteiger partial charge in [-0.2, -0.15) is 4.31 Å². The number of sulfonamides is 1. The molecule has 1 aliphatic rings. The van der Waals surface area contributed by atoms with E-state index >= 15 is 0 Å². The van der Waals surface area contributed by atoms with E-state index in [1.165, 1.54) is 10.4 Å². The molecule has 1 fully saturated rings. The summed E-state index contributed by atoms with van der Waals surface area (Å²) in [5.74, 6) is -3.46. The molecule has 0 saturated carbocycles. The second kappa shape index (κ2) is 9.05. The van der Waals surface area contributed by atoms with Crippen molar-refractivity contribution in [2.45, 2.75) is 18.4 Å². The zero-order valence-corrected chi connectivity index (χ0v) is 18.2. The van der Waals surface area contributed by atoms with E-state index in [0.717, 1.165) is 12.1 Å². The summed E-state index contributed by atoms with van der Waals surface area (Å²) >= 11 is 0. The molecule has 0 N–H and O–H groups in total. The number of hydrogen-bond donors (Lipinski definition) is 0. The van der Waals surface area contributed by atoms with Crippen molar-refractivity contribution < 1.29 is 26.3 Å². The fraction of sp³-hybridized carbons (Fsp3) is 0.318. The van der Waals surface area contributed by atoms with Crippen molar-refractivity contribution in [3.8, 4) is 5.75 Å². The molecule has 170 valence electrons. The average molecular weight is 465 g/mol. The normalized spacial score (nSPS) is 15.9. The number of hydrogen-bond acceptors (Lipinski definition) is 5. The molecule has 0 amide bonds. The Labute approximate surface area is 184 Å². The van der Waals surface area contributed by atoms with E-state index in [2.05, 4.69) is 4.98 Å². The molecule has 2 aromatic carbocycles. The van der Waals surface area contributed by atoms with Crippen LogP contribution in [0, 0.1) is 17.5 Å². The highest BCUT2D eigenvalue weighted by Crippen LogP contribution is 2.31. The quantitative estimate of drug-likeness (QED) is 0.521. The first-order valence-corrected chi connectivity index (χ1v) is 11.6. The number of halogens is 3. The van der Waals surface area contributed by atoms with Crippen LogP contribution in [0.3, 0.4) is 0 Å². The van der Waals surface area contributed by atoms with Gasteiger partial charge in [0.25, 0.3) is 0 Å². The van der Waals surface area contributed by atoms with Gasteiger partial charge in [0.2, 0.25) is 10.0 Å². The second-order valence-electron chi connectivity index (χ2n) is 7.45. The summed E-state index contributed by atoms with van der Waals surface area (Å²) in [5, 5.41) is 0.484. The molecule has 0 bridgehead atoms. The van der Waals surface area contributed by atoms with E-state index in [4.69, 9.17) is 4.74 Å². The second-order valence-corrected chi connectivity index (χ2v) is 9.35. The Bertz CT molecular complexity index is 1220. The molecule has 0 spiro atoms. The third-order valence-electron chi connectivity index (χ3n) is 5.39. The average Bonchev–Trinajstić information content (AvgIpc) is 2.78. The number of piperazine rings is 1. The van der Waals surface area contributed by atoms with Gasteiger partial charge in [0.1, 0.15) is 11.3 Å². The predicted octanol–water partition coefficient (Wildman–Crippen LogP) is 3.56. The summed E-state index contributed by atoms with van der Waals surface area (Å²) in [6.07, 6.45) is 1.58. The zero-order valence-electron chi connectivity index (χ0n) is 17.4. The topological polar surface area (TPSA) is 62.7 Å². The number of benzene rings is 2. The standard InChI is InChI=1S/C22H22F3N3O3S/c1-2-31-19-5-6-20(16-4-3-7-26-22(16)19)32(29,30)28-10-8-27(9-11-28)14-15-12-17(23)21(25)18(24)13-15/h3-7,12-13H,2,8-11,14H2,1H3. The molecule has 0 radical (unpaired) electrons.